The minimum absolute atomic E-state index is 0.0803. The lowest BCUT2D eigenvalue weighted by atomic mass is 9.95. The molecule has 32 heavy (non-hydrogen) atoms. The molecule has 1 amide bonds. The van der Waals surface area contributed by atoms with Gasteiger partial charge in [0.2, 0.25) is 11.9 Å². The summed E-state index contributed by atoms with van der Waals surface area (Å²) in [5.41, 5.74) is 4.23. The van der Waals surface area contributed by atoms with E-state index in [1.807, 2.05) is 60.4 Å². The summed E-state index contributed by atoms with van der Waals surface area (Å²) < 4.78 is 0. The molecule has 1 aromatic heterocycles. The lowest BCUT2D eigenvalue weighted by Gasteiger charge is -2.36. The number of hydrogen-bond acceptors (Lipinski definition) is 5. The Hall–Kier alpha value is -3.41. The van der Waals surface area contributed by atoms with E-state index < -0.39 is 0 Å². The number of piperazine rings is 1. The average Bonchev–Trinajstić information content (AvgIpc) is 2.81. The maximum Gasteiger partial charge on any atom is 0.230 e. The van der Waals surface area contributed by atoms with Crippen LogP contribution in [0.4, 0.5) is 17.5 Å². The van der Waals surface area contributed by atoms with Gasteiger partial charge < -0.3 is 15.1 Å². The predicted octanol–water partition coefficient (Wildman–Crippen LogP) is 4.68. The minimum Gasteiger partial charge on any atom is -0.340 e. The van der Waals surface area contributed by atoms with Gasteiger partial charge in [-0.2, -0.15) is 4.98 Å². The van der Waals surface area contributed by atoms with Gasteiger partial charge in [-0.25, -0.2) is 4.98 Å². The normalized spacial score (nSPS) is 14.8. The number of carbonyl (C=O) groups excluding carboxylic acids is 1. The summed E-state index contributed by atoms with van der Waals surface area (Å²) in [6.07, 6.45) is 0.804. The molecule has 0 bridgehead atoms. The monoisotopic (exact) mass is 429 g/mol. The van der Waals surface area contributed by atoms with E-state index >= 15 is 0 Å². The summed E-state index contributed by atoms with van der Waals surface area (Å²) in [6.45, 7) is 8.95. The van der Waals surface area contributed by atoms with Crippen molar-refractivity contribution in [3.05, 3.63) is 77.5 Å². The van der Waals surface area contributed by atoms with Crippen LogP contribution in [0.1, 0.15) is 36.1 Å². The molecule has 2 aromatic carbocycles. The van der Waals surface area contributed by atoms with Crippen LogP contribution >= 0.6 is 0 Å². The molecule has 3 aromatic rings. The Bertz CT molecular complexity index is 1040. The molecule has 0 radical (unpaired) electrons. The van der Waals surface area contributed by atoms with E-state index in [2.05, 4.69) is 41.2 Å². The summed E-state index contributed by atoms with van der Waals surface area (Å²) in [7, 11) is 0. The van der Waals surface area contributed by atoms with Gasteiger partial charge in [0.05, 0.1) is 5.92 Å². The van der Waals surface area contributed by atoms with Crippen LogP contribution < -0.4 is 10.2 Å². The quantitative estimate of drug-likeness (QED) is 0.617. The SMILES string of the molecule is CCC(C(=O)N1CCN(c2nc(C)cc(Nc3ccc(C)cc3)n2)CC1)c1ccccc1. The van der Waals surface area contributed by atoms with Crippen molar-refractivity contribution in [3.63, 3.8) is 0 Å². The van der Waals surface area contributed by atoms with Gasteiger partial charge in [0, 0.05) is 43.6 Å². The molecule has 1 fully saturated rings. The highest BCUT2D eigenvalue weighted by atomic mass is 16.2. The molecule has 166 valence electrons. The van der Waals surface area contributed by atoms with Crippen molar-refractivity contribution < 1.29 is 4.79 Å². The lowest BCUT2D eigenvalue weighted by molar-refractivity contribution is -0.133. The van der Waals surface area contributed by atoms with E-state index in [0.717, 1.165) is 42.3 Å². The van der Waals surface area contributed by atoms with Crippen molar-refractivity contribution >= 4 is 23.4 Å². The average molecular weight is 430 g/mol. The van der Waals surface area contributed by atoms with Crippen LogP contribution in [0, 0.1) is 13.8 Å². The first-order valence-electron chi connectivity index (χ1n) is 11.3. The molecule has 0 spiro atoms. The van der Waals surface area contributed by atoms with Crippen LogP contribution in [0.2, 0.25) is 0 Å². The number of benzene rings is 2. The molecule has 0 saturated carbocycles. The molecule has 1 N–H and O–H groups in total. The highest BCUT2D eigenvalue weighted by Gasteiger charge is 2.28. The summed E-state index contributed by atoms with van der Waals surface area (Å²) in [4.78, 5) is 26.7. The number of aryl methyl sites for hydroxylation is 2. The highest BCUT2D eigenvalue weighted by molar-refractivity contribution is 5.84. The van der Waals surface area contributed by atoms with E-state index in [1.54, 1.807) is 0 Å². The summed E-state index contributed by atoms with van der Waals surface area (Å²) in [5, 5.41) is 3.38. The molecular weight excluding hydrogens is 398 g/mol. The largest absolute Gasteiger partial charge is 0.340 e. The third-order valence-electron chi connectivity index (χ3n) is 5.95. The fourth-order valence-corrected chi connectivity index (χ4v) is 4.13. The van der Waals surface area contributed by atoms with Crippen LogP contribution in [0.15, 0.2) is 60.7 Å². The maximum atomic E-state index is 13.2. The maximum absolute atomic E-state index is 13.2. The Labute approximate surface area is 190 Å². The number of nitrogens with one attached hydrogen (secondary N) is 1. The van der Waals surface area contributed by atoms with Crippen LogP contribution in [0.25, 0.3) is 0 Å². The van der Waals surface area contributed by atoms with E-state index in [0.29, 0.717) is 19.0 Å². The van der Waals surface area contributed by atoms with Gasteiger partial charge in [-0.3, -0.25) is 4.79 Å². The summed E-state index contributed by atoms with van der Waals surface area (Å²) in [6, 6.07) is 20.3. The molecule has 0 aliphatic carbocycles. The first kappa shape index (κ1) is 21.8. The van der Waals surface area contributed by atoms with Crippen molar-refractivity contribution in [2.24, 2.45) is 0 Å². The van der Waals surface area contributed by atoms with Gasteiger partial charge in [-0.05, 0) is 38.0 Å². The highest BCUT2D eigenvalue weighted by Crippen LogP contribution is 2.24. The zero-order valence-electron chi connectivity index (χ0n) is 19.1. The van der Waals surface area contributed by atoms with E-state index in [1.165, 1.54) is 5.56 Å². The number of hydrogen-bond donors (Lipinski definition) is 1. The zero-order valence-corrected chi connectivity index (χ0v) is 19.1. The summed E-state index contributed by atoms with van der Waals surface area (Å²) >= 11 is 0. The summed E-state index contributed by atoms with van der Waals surface area (Å²) in [5.74, 6) is 1.63. The number of amides is 1. The molecule has 1 unspecified atom stereocenters. The molecule has 1 aliphatic rings. The number of aromatic nitrogens is 2. The molecule has 6 heteroatoms. The molecule has 1 atom stereocenters. The number of carbonyl (C=O) groups is 1. The molecule has 6 nitrogen and oxygen atoms in total. The third-order valence-corrected chi connectivity index (χ3v) is 5.95. The van der Waals surface area contributed by atoms with E-state index in [-0.39, 0.29) is 11.8 Å². The fraction of sp³-hybridized carbons (Fsp3) is 0.346. The standard InChI is InChI=1S/C26H31N5O/c1-4-23(21-8-6-5-7-9-21)25(32)30-14-16-31(17-15-30)26-27-20(3)18-24(29-26)28-22-12-10-19(2)11-13-22/h5-13,18,23H,4,14-17H2,1-3H3,(H,27,28,29). The number of rotatable bonds is 6. The van der Waals surface area contributed by atoms with Gasteiger partial charge in [0.25, 0.3) is 0 Å². The predicted molar refractivity (Wildman–Crippen MR) is 129 cm³/mol. The van der Waals surface area contributed by atoms with Crippen LogP contribution in [0.5, 0.6) is 0 Å². The second kappa shape index (κ2) is 9.81. The Morgan fingerprint density at radius 3 is 2.31 bits per heavy atom. The molecule has 1 aliphatic heterocycles. The molecule has 2 heterocycles. The van der Waals surface area contributed by atoms with Gasteiger partial charge in [-0.15, -0.1) is 0 Å². The van der Waals surface area contributed by atoms with Gasteiger partial charge in [-0.1, -0.05) is 55.0 Å². The van der Waals surface area contributed by atoms with Crippen LogP contribution in [-0.2, 0) is 4.79 Å². The zero-order chi connectivity index (χ0) is 22.5. The Kier molecular flexibility index (Phi) is 6.69. The Balaban J connectivity index is 1.42. The minimum atomic E-state index is -0.0803. The molecule has 4 rings (SSSR count). The van der Waals surface area contributed by atoms with Crippen molar-refractivity contribution in [1.29, 1.82) is 0 Å². The van der Waals surface area contributed by atoms with Gasteiger partial charge in [0.1, 0.15) is 5.82 Å². The first-order chi connectivity index (χ1) is 15.5. The Morgan fingerprint density at radius 1 is 0.969 bits per heavy atom. The Morgan fingerprint density at radius 2 is 1.66 bits per heavy atom. The number of nitrogens with zero attached hydrogens (tertiary/aromatic N) is 4. The van der Waals surface area contributed by atoms with Crippen LogP contribution in [0.3, 0.4) is 0 Å². The van der Waals surface area contributed by atoms with Gasteiger partial charge >= 0.3 is 0 Å². The lowest BCUT2D eigenvalue weighted by Crippen LogP contribution is -2.50. The van der Waals surface area contributed by atoms with Crippen molar-refractivity contribution in [2.45, 2.75) is 33.1 Å². The van der Waals surface area contributed by atoms with Crippen LogP contribution in [-0.4, -0.2) is 47.0 Å². The second-order valence-corrected chi connectivity index (χ2v) is 8.37. The second-order valence-electron chi connectivity index (χ2n) is 8.37. The third kappa shape index (κ3) is 5.07. The number of anilines is 3. The van der Waals surface area contributed by atoms with Gasteiger partial charge in [0.15, 0.2) is 0 Å². The van der Waals surface area contributed by atoms with Crippen molar-refractivity contribution in [2.75, 3.05) is 36.4 Å². The molecular formula is C26H31N5O. The smallest absolute Gasteiger partial charge is 0.230 e. The first-order valence-corrected chi connectivity index (χ1v) is 11.3. The van der Waals surface area contributed by atoms with E-state index in [9.17, 15) is 4.79 Å². The van der Waals surface area contributed by atoms with Crippen molar-refractivity contribution in [1.82, 2.24) is 14.9 Å². The van der Waals surface area contributed by atoms with E-state index in [4.69, 9.17) is 4.98 Å². The fourth-order valence-electron chi connectivity index (χ4n) is 4.13. The van der Waals surface area contributed by atoms with Crippen molar-refractivity contribution in [3.8, 4) is 0 Å². The topological polar surface area (TPSA) is 61.4 Å². The molecule has 1 saturated heterocycles.